The smallest absolute Gasteiger partial charge is 0.154 e. The van der Waals surface area contributed by atoms with Crippen LogP contribution in [-0.4, -0.2) is 63.8 Å². The van der Waals surface area contributed by atoms with Crippen molar-refractivity contribution in [3.05, 3.63) is 36.5 Å². The van der Waals surface area contributed by atoms with Crippen LogP contribution < -0.4 is 14.7 Å². The molecular formula is C19H24N8. The van der Waals surface area contributed by atoms with Gasteiger partial charge in [0.1, 0.15) is 23.5 Å². The maximum absolute atomic E-state index is 4.62. The summed E-state index contributed by atoms with van der Waals surface area (Å²) in [6, 6.07) is 4.24. The van der Waals surface area contributed by atoms with E-state index in [0.29, 0.717) is 0 Å². The van der Waals surface area contributed by atoms with E-state index in [4.69, 9.17) is 0 Å². The molecule has 2 aliphatic heterocycles. The van der Waals surface area contributed by atoms with E-state index in [1.54, 1.807) is 6.33 Å². The lowest BCUT2D eigenvalue weighted by molar-refractivity contribution is 0.641. The fourth-order valence-corrected chi connectivity index (χ4v) is 4.05. The van der Waals surface area contributed by atoms with Gasteiger partial charge in [-0.1, -0.05) is 0 Å². The first-order valence-electron chi connectivity index (χ1n) is 9.66. The van der Waals surface area contributed by atoms with E-state index in [1.807, 2.05) is 23.8 Å². The van der Waals surface area contributed by atoms with Crippen LogP contribution in [0.1, 0.15) is 18.5 Å². The summed E-state index contributed by atoms with van der Waals surface area (Å²) in [5, 5.41) is 4.50. The molecule has 3 aromatic heterocycles. The molecule has 0 spiro atoms. The van der Waals surface area contributed by atoms with Gasteiger partial charge in [0.25, 0.3) is 0 Å². The van der Waals surface area contributed by atoms with Gasteiger partial charge in [0.15, 0.2) is 5.82 Å². The number of hydrogen-bond donors (Lipinski definition) is 0. The highest BCUT2D eigenvalue weighted by Crippen LogP contribution is 2.24. The molecule has 5 rings (SSSR count). The van der Waals surface area contributed by atoms with Crippen LogP contribution in [0.3, 0.4) is 0 Å². The normalized spacial score (nSPS) is 17.9. The fraction of sp³-hybridized carbons (Fsp3) is 0.474. The number of fused-ring (bicyclic) bond motifs is 1. The molecule has 8 nitrogen and oxygen atoms in total. The third-order valence-electron chi connectivity index (χ3n) is 5.46. The first-order chi connectivity index (χ1) is 13.3. The minimum atomic E-state index is 0.917. The van der Waals surface area contributed by atoms with Crippen molar-refractivity contribution in [3.63, 3.8) is 0 Å². The summed E-state index contributed by atoms with van der Waals surface area (Å²) >= 11 is 0. The predicted molar refractivity (Wildman–Crippen MR) is 106 cm³/mol. The van der Waals surface area contributed by atoms with E-state index in [-0.39, 0.29) is 0 Å². The number of rotatable bonds is 3. The number of piperazine rings is 1. The second kappa shape index (κ2) is 6.68. The van der Waals surface area contributed by atoms with E-state index < -0.39 is 0 Å². The van der Waals surface area contributed by atoms with Crippen LogP contribution >= 0.6 is 0 Å². The summed E-state index contributed by atoms with van der Waals surface area (Å²) in [6.07, 6.45) is 7.94. The van der Waals surface area contributed by atoms with E-state index in [1.165, 1.54) is 12.8 Å². The average Bonchev–Trinajstić information content (AvgIpc) is 3.37. The van der Waals surface area contributed by atoms with Crippen molar-refractivity contribution in [2.24, 2.45) is 0 Å². The molecule has 0 saturated carbocycles. The zero-order valence-corrected chi connectivity index (χ0v) is 15.6. The van der Waals surface area contributed by atoms with Crippen molar-refractivity contribution < 1.29 is 0 Å². The van der Waals surface area contributed by atoms with Gasteiger partial charge in [-0.3, -0.25) is 0 Å². The second-order valence-corrected chi connectivity index (χ2v) is 7.27. The lowest BCUT2D eigenvalue weighted by Crippen LogP contribution is -2.47. The minimum Gasteiger partial charge on any atom is -0.356 e. The molecule has 27 heavy (non-hydrogen) atoms. The Morgan fingerprint density at radius 1 is 0.778 bits per heavy atom. The van der Waals surface area contributed by atoms with Gasteiger partial charge in [0.2, 0.25) is 0 Å². The third kappa shape index (κ3) is 3.05. The summed E-state index contributed by atoms with van der Waals surface area (Å²) < 4.78 is 1.91. The van der Waals surface area contributed by atoms with E-state index in [2.05, 4.69) is 46.9 Å². The molecule has 2 fully saturated rings. The number of aryl methyl sites for hydroxylation is 1. The SMILES string of the molecule is Cc1cc2c(N3CCN(c4cc(N5CCCC5)ncn4)CC3)nccn2n1. The highest BCUT2D eigenvalue weighted by atomic mass is 15.3. The minimum absolute atomic E-state index is 0.917. The quantitative estimate of drug-likeness (QED) is 0.701. The molecule has 0 bridgehead atoms. The van der Waals surface area contributed by atoms with Gasteiger partial charge in [-0.05, 0) is 25.8 Å². The highest BCUT2D eigenvalue weighted by molar-refractivity contribution is 5.69. The molecule has 5 heterocycles. The van der Waals surface area contributed by atoms with Crippen LogP contribution in [0.5, 0.6) is 0 Å². The Hall–Kier alpha value is -2.90. The molecular weight excluding hydrogens is 340 g/mol. The summed E-state index contributed by atoms with van der Waals surface area (Å²) in [4.78, 5) is 20.7. The van der Waals surface area contributed by atoms with Crippen LogP contribution in [0.4, 0.5) is 17.5 Å². The van der Waals surface area contributed by atoms with Gasteiger partial charge in [-0.2, -0.15) is 5.10 Å². The Morgan fingerprint density at radius 2 is 1.44 bits per heavy atom. The van der Waals surface area contributed by atoms with E-state index in [0.717, 1.165) is 67.9 Å². The highest BCUT2D eigenvalue weighted by Gasteiger charge is 2.22. The van der Waals surface area contributed by atoms with Gasteiger partial charge in [-0.25, -0.2) is 19.5 Å². The van der Waals surface area contributed by atoms with Crippen molar-refractivity contribution in [2.45, 2.75) is 19.8 Å². The molecule has 0 atom stereocenters. The zero-order valence-electron chi connectivity index (χ0n) is 15.6. The number of anilines is 3. The van der Waals surface area contributed by atoms with Crippen molar-refractivity contribution in [2.75, 3.05) is 54.0 Å². The van der Waals surface area contributed by atoms with Crippen molar-refractivity contribution in [1.29, 1.82) is 0 Å². The molecule has 3 aromatic rings. The van der Waals surface area contributed by atoms with Gasteiger partial charge in [0, 0.05) is 57.7 Å². The lowest BCUT2D eigenvalue weighted by Gasteiger charge is -2.36. The topological polar surface area (TPSA) is 65.7 Å². The van der Waals surface area contributed by atoms with Crippen molar-refractivity contribution in [1.82, 2.24) is 24.6 Å². The molecule has 0 N–H and O–H groups in total. The van der Waals surface area contributed by atoms with Crippen LogP contribution in [0, 0.1) is 6.92 Å². The Balaban J connectivity index is 1.32. The summed E-state index contributed by atoms with van der Waals surface area (Å²) in [5.74, 6) is 3.09. The Morgan fingerprint density at radius 3 is 2.19 bits per heavy atom. The molecule has 8 heteroatoms. The number of nitrogens with zero attached hydrogens (tertiary/aromatic N) is 8. The van der Waals surface area contributed by atoms with Crippen LogP contribution in [0.25, 0.3) is 5.52 Å². The fourth-order valence-electron chi connectivity index (χ4n) is 4.05. The molecule has 140 valence electrons. The van der Waals surface area contributed by atoms with Crippen molar-refractivity contribution >= 4 is 23.0 Å². The van der Waals surface area contributed by atoms with E-state index >= 15 is 0 Å². The Kier molecular flexibility index (Phi) is 4.03. The molecule has 0 unspecified atom stereocenters. The van der Waals surface area contributed by atoms with Gasteiger partial charge < -0.3 is 14.7 Å². The molecule has 0 aromatic carbocycles. The zero-order chi connectivity index (χ0) is 18.2. The first kappa shape index (κ1) is 16.3. The van der Waals surface area contributed by atoms with E-state index in [9.17, 15) is 0 Å². The second-order valence-electron chi connectivity index (χ2n) is 7.27. The van der Waals surface area contributed by atoms with Gasteiger partial charge in [0.05, 0.1) is 5.69 Å². The molecule has 2 aliphatic rings. The number of hydrogen-bond acceptors (Lipinski definition) is 7. The molecule has 0 radical (unpaired) electrons. The Labute approximate surface area is 158 Å². The lowest BCUT2D eigenvalue weighted by atomic mass is 10.3. The maximum Gasteiger partial charge on any atom is 0.154 e. The van der Waals surface area contributed by atoms with Gasteiger partial charge in [-0.15, -0.1) is 0 Å². The summed E-state index contributed by atoms with van der Waals surface area (Å²) in [6.45, 7) is 7.90. The third-order valence-corrected chi connectivity index (χ3v) is 5.46. The first-order valence-corrected chi connectivity index (χ1v) is 9.66. The maximum atomic E-state index is 4.62. The van der Waals surface area contributed by atoms with Crippen LogP contribution in [-0.2, 0) is 0 Å². The van der Waals surface area contributed by atoms with Gasteiger partial charge >= 0.3 is 0 Å². The largest absolute Gasteiger partial charge is 0.356 e. The number of aromatic nitrogens is 5. The average molecular weight is 364 g/mol. The molecule has 0 aliphatic carbocycles. The standard InChI is InChI=1S/C19H24N8/c1-15-12-16-19(20-4-7-27(16)23-15)26-10-8-25(9-11-26)18-13-17(21-14-22-18)24-5-2-3-6-24/h4,7,12-14H,2-3,5-6,8-11H2,1H3. The van der Waals surface area contributed by atoms with Crippen LogP contribution in [0.2, 0.25) is 0 Å². The Bertz CT molecular complexity index is 938. The predicted octanol–water partition coefficient (Wildman–Crippen LogP) is 1.75. The van der Waals surface area contributed by atoms with Crippen molar-refractivity contribution in [3.8, 4) is 0 Å². The summed E-state index contributed by atoms with van der Waals surface area (Å²) in [7, 11) is 0. The molecule has 0 amide bonds. The summed E-state index contributed by atoms with van der Waals surface area (Å²) in [5.41, 5.74) is 2.08. The molecule has 2 saturated heterocycles. The monoisotopic (exact) mass is 364 g/mol. The van der Waals surface area contributed by atoms with Crippen LogP contribution in [0.15, 0.2) is 30.9 Å².